The van der Waals surface area contributed by atoms with Gasteiger partial charge in [0.15, 0.2) is 5.78 Å². The van der Waals surface area contributed by atoms with Gasteiger partial charge in [-0.05, 0) is 42.5 Å². The number of hydrogen-bond acceptors (Lipinski definition) is 3. The quantitative estimate of drug-likeness (QED) is 0.752. The van der Waals surface area contributed by atoms with E-state index in [-0.39, 0.29) is 22.7 Å². The molecule has 1 heterocycles. The molecule has 114 valence electrons. The van der Waals surface area contributed by atoms with Crippen LogP contribution in [0.3, 0.4) is 0 Å². The van der Waals surface area contributed by atoms with Crippen LogP contribution in [0, 0.1) is 0 Å². The van der Waals surface area contributed by atoms with Crippen molar-refractivity contribution in [1.29, 1.82) is 0 Å². The molecule has 0 fully saturated rings. The smallest absolute Gasteiger partial charge is 0.256 e. The molecule has 0 atom stereocenters. The van der Waals surface area contributed by atoms with Crippen molar-refractivity contribution >= 4 is 23.2 Å². The number of nitrogens with two attached hydrogens (primary N) is 1. The topological polar surface area (TPSA) is 65.1 Å². The minimum atomic E-state index is -0.290. The molecule has 0 amide bonds. The molecule has 2 aromatic carbocycles. The van der Waals surface area contributed by atoms with Crippen molar-refractivity contribution in [1.82, 2.24) is 4.57 Å². The lowest BCUT2D eigenvalue weighted by Crippen LogP contribution is -2.23. The van der Waals surface area contributed by atoms with E-state index < -0.39 is 0 Å². The SMILES string of the molecule is Nc1c(C(=O)c2ccc(Cl)cc2)ccc(=O)n1-c1ccccc1. The lowest BCUT2D eigenvalue weighted by atomic mass is 10.0. The van der Waals surface area contributed by atoms with E-state index in [0.717, 1.165) is 0 Å². The van der Waals surface area contributed by atoms with Gasteiger partial charge in [0.05, 0.1) is 11.3 Å². The van der Waals surface area contributed by atoms with Gasteiger partial charge in [0.2, 0.25) is 0 Å². The van der Waals surface area contributed by atoms with E-state index in [0.29, 0.717) is 16.3 Å². The maximum absolute atomic E-state index is 12.6. The van der Waals surface area contributed by atoms with Gasteiger partial charge < -0.3 is 5.73 Å². The van der Waals surface area contributed by atoms with Crippen molar-refractivity contribution in [3.8, 4) is 5.69 Å². The summed E-state index contributed by atoms with van der Waals surface area (Å²) in [4.78, 5) is 24.8. The summed E-state index contributed by atoms with van der Waals surface area (Å²) in [7, 11) is 0. The number of nitrogen functional groups attached to an aromatic ring is 1. The third-order valence-electron chi connectivity index (χ3n) is 3.50. The molecule has 0 unspecified atom stereocenters. The first-order chi connectivity index (χ1) is 11.1. The zero-order valence-corrected chi connectivity index (χ0v) is 12.8. The second-order valence-electron chi connectivity index (χ2n) is 4.98. The molecule has 0 bridgehead atoms. The summed E-state index contributed by atoms with van der Waals surface area (Å²) >= 11 is 5.84. The maximum atomic E-state index is 12.6. The number of hydrogen-bond donors (Lipinski definition) is 1. The first-order valence-electron chi connectivity index (χ1n) is 6.95. The Morgan fingerprint density at radius 2 is 1.57 bits per heavy atom. The van der Waals surface area contributed by atoms with E-state index in [2.05, 4.69) is 0 Å². The molecule has 0 radical (unpaired) electrons. The zero-order valence-electron chi connectivity index (χ0n) is 12.1. The summed E-state index contributed by atoms with van der Waals surface area (Å²) in [5.41, 5.74) is 7.15. The Labute approximate surface area is 137 Å². The van der Waals surface area contributed by atoms with E-state index in [9.17, 15) is 9.59 Å². The molecule has 0 spiro atoms. The molecule has 0 saturated heterocycles. The molecular formula is C18H13ClN2O2. The number of pyridine rings is 1. The Balaban J connectivity index is 2.13. The highest BCUT2D eigenvalue weighted by Gasteiger charge is 2.16. The van der Waals surface area contributed by atoms with Crippen LogP contribution in [-0.4, -0.2) is 10.4 Å². The fourth-order valence-electron chi connectivity index (χ4n) is 2.35. The predicted molar refractivity (Wildman–Crippen MR) is 91.3 cm³/mol. The highest BCUT2D eigenvalue weighted by atomic mass is 35.5. The fraction of sp³-hybridized carbons (Fsp3) is 0. The minimum absolute atomic E-state index is 0.114. The lowest BCUT2D eigenvalue weighted by molar-refractivity contribution is 0.103. The van der Waals surface area contributed by atoms with Gasteiger partial charge in [0.1, 0.15) is 5.82 Å². The van der Waals surface area contributed by atoms with Gasteiger partial charge >= 0.3 is 0 Å². The van der Waals surface area contributed by atoms with Crippen LogP contribution >= 0.6 is 11.6 Å². The number of nitrogens with zero attached hydrogens (tertiary/aromatic N) is 1. The monoisotopic (exact) mass is 324 g/mol. The van der Waals surface area contributed by atoms with E-state index in [4.69, 9.17) is 17.3 Å². The van der Waals surface area contributed by atoms with E-state index in [1.165, 1.54) is 16.7 Å². The summed E-state index contributed by atoms with van der Waals surface area (Å²) in [6.07, 6.45) is 0. The van der Waals surface area contributed by atoms with Crippen LogP contribution in [0.2, 0.25) is 5.02 Å². The number of benzene rings is 2. The number of carbonyl (C=O) groups is 1. The lowest BCUT2D eigenvalue weighted by Gasteiger charge is -2.13. The van der Waals surface area contributed by atoms with Crippen LogP contribution in [0.1, 0.15) is 15.9 Å². The van der Waals surface area contributed by atoms with Crippen molar-refractivity contribution < 1.29 is 4.79 Å². The summed E-state index contributed by atoms with van der Waals surface area (Å²) < 4.78 is 1.32. The molecular weight excluding hydrogens is 312 g/mol. The molecule has 23 heavy (non-hydrogen) atoms. The molecule has 0 aliphatic rings. The van der Waals surface area contributed by atoms with Crippen LogP contribution < -0.4 is 11.3 Å². The summed E-state index contributed by atoms with van der Waals surface area (Å²) in [6, 6.07) is 18.3. The Bertz CT molecular complexity index is 916. The highest BCUT2D eigenvalue weighted by molar-refractivity contribution is 6.30. The third-order valence-corrected chi connectivity index (χ3v) is 3.75. The number of rotatable bonds is 3. The third kappa shape index (κ3) is 2.89. The molecule has 5 heteroatoms. The molecule has 0 saturated carbocycles. The number of carbonyl (C=O) groups excluding carboxylic acids is 1. The first-order valence-corrected chi connectivity index (χ1v) is 7.33. The average Bonchev–Trinajstić information content (AvgIpc) is 2.56. The highest BCUT2D eigenvalue weighted by Crippen LogP contribution is 2.19. The zero-order chi connectivity index (χ0) is 16.4. The predicted octanol–water partition coefficient (Wildman–Crippen LogP) is 3.30. The van der Waals surface area contributed by atoms with Crippen molar-refractivity contribution in [3.05, 3.63) is 93.2 Å². The second kappa shape index (κ2) is 6.10. The fourth-order valence-corrected chi connectivity index (χ4v) is 2.47. The van der Waals surface area contributed by atoms with Gasteiger partial charge in [-0.25, -0.2) is 0 Å². The molecule has 1 aromatic heterocycles. The summed E-state index contributed by atoms with van der Waals surface area (Å²) in [5.74, 6) is -0.146. The largest absolute Gasteiger partial charge is 0.384 e. The van der Waals surface area contributed by atoms with Crippen LogP contribution in [0.25, 0.3) is 5.69 Å². The molecule has 2 N–H and O–H groups in total. The van der Waals surface area contributed by atoms with Crippen LogP contribution in [0.15, 0.2) is 71.5 Å². The van der Waals surface area contributed by atoms with E-state index in [1.807, 2.05) is 6.07 Å². The minimum Gasteiger partial charge on any atom is -0.384 e. The Morgan fingerprint density at radius 1 is 0.913 bits per heavy atom. The Kier molecular flexibility index (Phi) is 4.00. The molecule has 3 aromatic rings. The first kappa shape index (κ1) is 15.1. The summed E-state index contributed by atoms with van der Waals surface area (Å²) in [5, 5.41) is 0.545. The Morgan fingerprint density at radius 3 is 2.22 bits per heavy atom. The van der Waals surface area contributed by atoms with Crippen LogP contribution in [0.5, 0.6) is 0 Å². The van der Waals surface area contributed by atoms with Gasteiger partial charge in [0, 0.05) is 16.7 Å². The van der Waals surface area contributed by atoms with Gasteiger partial charge in [-0.2, -0.15) is 0 Å². The number of para-hydroxylation sites is 1. The normalized spacial score (nSPS) is 10.5. The van der Waals surface area contributed by atoms with Crippen molar-refractivity contribution in [3.63, 3.8) is 0 Å². The van der Waals surface area contributed by atoms with Gasteiger partial charge in [-0.1, -0.05) is 29.8 Å². The number of ketones is 1. The Hall–Kier alpha value is -2.85. The number of anilines is 1. The number of halogens is 1. The van der Waals surface area contributed by atoms with Gasteiger partial charge in [-0.3, -0.25) is 14.2 Å². The van der Waals surface area contributed by atoms with Crippen LogP contribution in [0.4, 0.5) is 5.82 Å². The summed E-state index contributed by atoms with van der Waals surface area (Å²) in [6.45, 7) is 0. The number of aromatic nitrogens is 1. The average molecular weight is 325 g/mol. The van der Waals surface area contributed by atoms with Crippen molar-refractivity contribution in [2.45, 2.75) is 0 Å². The van der Waals surface area contributed by atoms with Gasteiger partial charge in [-0.15, -0.1) is 0 Å². The standard InChI is InChI=1S/C18H13ClN2O2/c19-13-8-6-12(7-9-13)17(23)15-10-11-16(22)21(18(15)20)14-4-2-1-3-5-14/h1-11H,20H2. The van der Waals surface area contributed by atoms with Crippen molar-refractivity contribution in [2.75, 3.05) is 5.73 Å². The van der Waals surface area contributed by atoms with Crippen molar-refractivity contribution in [2.24, 2.45) is 0 Å². The van der Waals surface area contributed by atoms with E-state index >= 15 is 0 Å². The molecule has 4 nitrogen and oxygen atoms in total. The molecule has 3 rings (SSSR count). The van der Waals surface area contributed by atoms with E-state index in [1.54, 1.807) is 48.5 Å². The second-order valence-corrected chi connectivity index (χ2v) is 5.41. The van der Waals surface area contributed by atoms with Crippen LogP contribution in [-0.2, 0) is 0 Å². The molecule has 0 aliphatic heterocycles. The van der Waals surface area contributed by atoms with Gasteiger partial charge in [0.25, 0.3) is 5.56 Å². The maximum Gasteiger partial charge on any atom is 0.256 e. The molecule has 0 aliphatic carbocycles.